The van der Waals surface area contributed by atoms with Crippen molar-refractivity contribution in [3.8, 4) is 0 Å². The van der Waals surface area contributed by atoms with Gasteiger partial charge < -0.3 is 9.94 Å². The molecule has 0 unspecified atom stereocenters. The van der Waals surface area contributed by atoms with E-state index in [4.69, 9.17) is 33.1 Å². The maximum atomic E-state index is 12.6. The Morgan fingerprint density at radius 3 is 2.46 bits per heavy atom. The Kier molecular flexibility index (Phi) is 5.00. The summed E-state index contributed by atoms with van der Waals surface area (Å²) in [6.45, 7) is 0.0172. The average Bonchev–Trinajstić information content (AvgIpc) is 3.01. The third-order valence-corrected chi connectivity index (χ3v) is 6.74. The van der Waals surface area contributed by atoms with Gasteiger partial charge in [0.05, 0.1) is 10.6 Å². The summed E-state index contributed by atoms with van der Waals surface area (Å²) in [5, 5.41) is 11.6. The predicted molar refractivity (Wildman–Crippen MR) is 94.0 cm³/mol. The molecule has 0 bridgehead atoms. The van der Waals surface area contributed by atoms with E-state index in [1.54, 1.807) is 0 Å². The van der Waals surface area contributed by atoms with Gasteiger partial charge in [0.2, 0.25) is 0 Å². The van der Waals surface area contributed by atoms with Crippen LogP contribution < -0.4 is 0 Å². The number of nitrogens with zero attached hydrogens (tertiary/aromatic N) is 2. The van der Waals surface area contributed by atoms with Crippen LogP contribution in [-0.2, 0) is 19.7 Å². The number of carboxylic acids is 1. The van der Waals surface area contributed by atoms with Crippen LogP contribution in [0.5, 0.6) is 0 Å². The largest absolute Gasteiger partial charge is 0.477 e. The molecule has 1 N–H and O–H groups in total. The van der Waals surface area contributed by atoms with Gasteiger partial charge in [0.1, 0.15) is 5.60 Å². The van der Waals surface area contributed by atoms with Gasteiger partial charge in [-0.05, 0) is 18.2 Å². The number of oxime groups is 1. The van der Waals surface area contributed by atoms with Crippen LogP contribution >= 0.6 is 23.2 Å². The molecule has 1 spiro atoms. The molecule has 11 heteroatoms. The molecule has 0 amide bonds. The Balaban J connectivity index is 1.74. The zero-order chi connectivity index (χ0) is 19.1. The van der Waals surface area contributed by atoms with E-state index in [9.17, 15) is 18.0 Å². The Bertz CT molecular complexity index is 907. The van der Waals surface area contributed by atoms with E-state index in [1.807, 2.05) is 0 Å². The second kappa shape index (κ2) is 6.80. The summed E-state index contributed by atoms with van der Waals surface area (Å²) in [6, 6.07) is 4.02. The second-order valence-corrected chi connectivity index (χ2v) is 8.79. The van der Waals surface area contributed by atoms with E-state index >= 15 is 0 Å². The number of halogens is 2. The number of aliphatic carboxylic acids is 1. The summed E-state index contributed by atoms with van der Waals surface area (Å²) in [4.78, 5) is 28.7. The average molecular weight is 421 g/mol. The number of hydrogen-bond acceptors (Lipinski definition) is 6. The topological polar surface area (TPSA) is 113 Å². The van der Waals surface area contributed by atoms with Gasteiger partial charge in [-0.3, -0.25) is 4.79 Å². The summed E-state index contributed by atoms with van der Waals surface area (Å²) in [5.74, 6) is -1.16. The third-order valence-electron chi connectivity index (χ3n) is 4.44. The van der Waals surface area contributed by atoms with E-state index in [0.717, 1.165) is 4.31 Å². The van der Waals surface area contributed by atoms with E-state index in [0.29, 0.717) is 0 Å². The number of sulfonamides is 1. The van der Waals surface area contributed by atoms with Crippen molar-refractivity contribution in [3.05, 3.63) is 33.8 Å². The van der Waals surface area contributed by atoms with Crippen molar-refractivity contribution in [1.82, 2.24) is 4.31 Å². The van der Waals surface area contributed by atoms with Crippen LogP contribution in [0.15, 0.2) is 23.4 Å². The molecule has 0 atom stereocenters. The fraction of sp³-hybridized carbons (Fsp3) is 0.400. The highest BCUT2D eigenvalue weighted by molar-refractivity contribution is 8.04. The lowest BCUT2D eigenvalue weighted by molar-refractivity contribution is -0.129. The van der Waals surface area contributed by atoms with Crippen molar-refractivity contribution < 1.29 is 28.0 Å². The highest BCUT2D eigenvalue weighted by Crippen LogP contribution is 2.36. The second-order valence-electron chi connectivity index (χ2n) is 6.11. The predicted octanol–water partition coefficient (Wildman–Crippen LogP) is 2.16. The molecule has 2 heterocycles. The first kappa shape index (κ1) is 19.1. The minimum absolute atomic E-state index is 0.00455. The molecule has 140 valence electrons. The molecule has 0 aliphatic carbocycles. The lowest BCUT2D eigenvalue weighted by Crippen LogP contribution is -2.48. The molecule has 8 nitrogen and oxygen atoms in total. The molecule has 0 radical (unpaired) electrons. The van der Waals surface area contributed by atoms with Crippen molar-refractivity contribution >= 4 is 50.0 Å². The lowest BCUT2D eigenvalue weighted by atomic mass is 9.88. The van der Waals surface area contributed by atoms with E-state index in [1.165, 1.54) is 18.2 Å². The Morgan fingerprint density at radius 1 is 1.23 bits per heavy atom. The van der Waals surface area contributed by atoms with Crippen molar-refractivity contribution in [2.45, 2.75) is 24.9 Å². The van der Waals surface area contributed by atoms with Gasteiger partial charge in [-0.2, -0.15) is 4.31 Å². The van der Waals surface area contributed by atoms with Crippen LogP contribution in [0.2, 0.25) is 10.0 Å². The lowest BCUT2D eigenvalue weighted by Gasteiger charge is -2.35. The van der Waals surface area contributed by atoms with Crippen molar-refractivity contribution in [1.29, 1.82) is 0 Å². The van der Waals surface area contributed by atoms with Gasteiger partial charge in [-0.25, -0.2) is 13.2 Å². The fourth-order valence-corrected chi connectivity index (χ4v) is 4.72. The Labute approximate surface area is 159 Å². The first-order valence-corrected chi connectivity index (χ1v) is 9.82. The number of hydrogen-bond donors (Lipinski definition) is 1. The molecule has 26 heavy (non-hydrogen) atoms. The van der Waals surface area contributed by atoms with Crippen molar-refractivity contribution in [2.24, 2.45) is 5.16 Å². The zero-order valence-electron chi connectivity index (χ0n) is 13.3. The fourth-order valence-electron chi connectivity index (χ4n) is 2.95. The smallest absolute Gasteiger partial charge is 0.353 e. The van der Waals surface area contributed by atoms with Gasteiger partial charge in [0.15, 0.2) is 5.71 Å². The third kappa shape index (κ3) is 3.44. The van der Waals surface area contributed by atoms with Crippen LogP contribution in [0.1, 0.15) is 29.6 Å². The summed E-state index contributed by atoms with van der Waals surface area (Å²) in [7, 11) is -4.29. The Hall–Kier alpha value is -1.68. The van der Waals surface area contributed by atoms with E-state index < -0.39 is 26.7 Å². The quantitative estimate of drug-likeness (QED) is 0.800. The van der Waals surface area contributed by atoms with Crippen LogP contribution in [-0.4, -0.2) is 53.3 Å². The van der Waals surface area contributed by atoms with E-state index in [2.05, 4.69) is 5.16 Å². The number of carbonyl (C=O) groups excluding carboxylic acids is 1. The minimum atomic E-state index is -4.29. The number of carbonyl (C=O) groups is 2. The standard InChI is InChI=1S/C15H14Cl2N2O6S/c16-9-1-2-11(17)10(7-9)14(22)26(23,24)19-5-3-15(4-6-19)8-12(13(20)21)18-25-15/h1-2,7H,3-6,8H2,(H,20,21). The van der Waals surface area contributed by atoms with Crippen LogP contribution in [0, 0.1) is 0 Å². The molecule has 2 aliphatic rings. The normalized spacial score (nSPS) is 19.8. The summed E-state index contributed by atoms with van der Waals surface area (Å²) in [6.07, 6.45) is 0.552. The molecule has 0 saturated carbocycles. The molecule has 1 saturated heterocycles. The first-order chi connectivity index (χ1) is 12.1. The van der Waals surface area contributed by atoms with Crippen LogP contribution in [0.4, 0.5) is 0 Å². The first-order valence-electron chi connectivity index (χ1n) is 7.62. The number of piperidine rings is 1. The van der Waals surface area contributed by atoms with Gasteiger partial charge in [-0.15, -0.1) is 0 Å². The minimum Gasteiger partial charge on any atom is -0.477 e. The molecule has 1 fully saturated rings. The molecule has 2 aliphatic heterocycles. The maximum Gasteiger partial charge on any atom is 0.353 e. The molecule has 3 rings (SSSR count). The van der Waals surface area contributed by atoms with Crippen molar-refractivity contribution in [2.75, 3.05) is 13.1 Å². The molecular formula is C15H14Cl2N2O6S. The Morgan fingerprint density at radius 2 is 1.88 bits per heavy atom. The number of rotatable bonds is 3. The van der Waals surface area contributed by atoms with E-state index in [-0.39, 0.29) is 53.7 Å². The van der Waals surface area contributed by atoms with Crippen LogP contribution in [0.25, 0.3) is 0 Å². The SMILES string of the molecule is O=C(O)C1=NOC2(CCN(S(=O)(=O)C(=O)c3cc(Cl)ccc3Cl)CC2)C1. The number of carboxylic acid groups (broad SMARTS) is 1. The molecule has 1 aromatic rings. The maximum absolute atomic E-state index is 12.6. The summed E-state index contributed by atoms with van der Waals surface area (Å²) >= 11 is 11.7. The highest BCUT2D eigenvalue weighted by atomic mass is 35.5. The molecule has 1 aromatic carbocycles. The van der Waals surface area contributed by atoms with Crippen LogP contribution in [0.3, 0.4) is 0 Å². The van der Waals surface area contributed by atoms with Gasteiger partial charge >= 0.3 is 5.97 Å². The zero-order valence-corrected chi connectivity index (χ0v) is 15.6. The van der Waals surface area contributed by atoms with Gasteiger partial charge in [-0.1, -0.05) is 28.4 Å². The highest BCUT2D eigenvalue weighted by Gasteiger charge is 2.47. The van der Waals surface area contributed by atoms with Gasteiger partial charge in [0, 0.05) is 37.4 Å². The molecule has 0 aromatic heterocycles. The van der Waals surface area contributed by atoms with Gasteiger partial charge in [0.25, 0.3) is 15.1 Å². The molecular weight excluding hydrogens is 407 g/mol. The number of benzene rings is 1. The summed E-state index contributed by atoms with van der Waals surface area (Å²) < 4.78 is 26.3. The summed E-state index contributed by atoms with van der Waals surface area (Å²) in [5.41, 5.74) is -1.12. The monoisotopic (exact) mass is 420 g/mol. The van der Waals surface area contributed by atoms with Crippen molar-refractivity contribution in [3.63, 3.8) is 0 Å².